The van der Waals surface area contributed by atoms with Crippen LogP contribution in [-0.4, -0.2) is 28.6 Å². The van der Waals surface area contributed by atoms with E-state index in [1.807, 2.05) is 27.7 Å². The molecule has 0 bridgehead atoms. The van der Waals surface area contributed by atoms with Crippen LogP contribution in [0.3, 0.4) is 0 Å². The third-order valence-corrected chi connectivity index (χ3v) is 4.19. The molecule has 0 aliphatic heterocycles. The van der Waals surface area contributed by atoms with Gasteiger partial charge >= 0.3 is 0 Å². The number of carbonyl (C=O) groups is 1. The molecule has 0 aromatic carbocycles. The molecule has 0 fully saturated rings. The fraction of sp³-hybridized carbons (Fsp3) is 0.583. The number of alkyl halides is 2. The highest BCUT2D eigenvalue weighted by Crippen LogP contribution is 2.33. The molecule has 6 heteroatoms. The molecule has 0 atom stereocenters. The number of amides is 1. The lowest BCUT2D eigenvalue weighted by molar-refractivity contribution is 0.0645. The molecule has 0 aliphatic rings. The van der Waals surface area contributed by atoms with Gasteiger partial charge < -0.3 is 4.90 Å². The first-order chi connectivity index (χ1) is 8.34. The molecule has 1 rings (SSSR count). The predicted octanol–water partition coefficient (Wildman–Crippen LogP) is 4.32. The van der Waals surface area contributed by atoms with Crippen LogP contribution < -0.4 is 0 Å². The predicted molar refractivity (Wildman–Crippen MR) is 72.6 cm³/mol. The highest BCUT2D eigenvalue weighted by Gasteiger charge is 2.25. The van der Waals surface area contributed by atoms with E-state index in [2.05, 4.69) is 0 Å². The van der Waals surface area contributed by atoms with Gasteiger partial charge in [0.05, 0.1) is 0 Å². The molecule has 1 heterocycles. The number of rotatable bonds is 5. The summed E-state index contributed by atoms with van der Waals surface area (Å²) in [6.45, 7) is 7.69. The van der Waals surface area contributed by atoms with Crippen LogP contribution in [0.25, 0.3) is 0 Å². The van der Waals surface area contributed by atoms with Crippen molar-refractivity contribution < 1.29 is 13.6 Å². The van der Waals surface area contributed by atoms with Crippen molar-refractivity contribution >= 4 is 29.0 Å². The monoisotopic (exact) mass is 293 g/mol. The summed E-state index contributed by atoms with van der Waals surface area (Å²) in [4.78, 5) is 14.9. The van der Waals surface area contributed by atoms with Crippen molar-refractivity contribution in [1.82, 2.24) is 4.90 Å². The summed E-state index contributed by atoms with van der Waals surface area (Å²) < 4.78 is 24.8. The van der Waals surface area contributed by atoms with E-state index < -0.39 is 5.76 Å². The van der Waals surface area contributed by atoms with Crippen molar-refractivity contribution in [2.45, 2.75) is 50.4 Å². The van der Waals surface area contributed by atoms with Gasteiger partial charge in [-0.25, -0.2) is 0 Å². The Kier molecular flexibility index (Phi) is 5.59. The van der Waals surface area contributed by atoms with E-state index >= 15 is 0 Å². The van der Waals surface area contributed by atoms with Crippen LogP contribution in [0.4, 0.5) is 8.78 Å². The Labute approximate surface area is 114 Å². The van der Waals surface area contributed by atoms with Gasteiger partial charge in [-0.1, -0.05) is 11.8 Å². The number of nitrogens with zero attached hydrogens (tertiary/aromatic N) is 1. The van der Waals surface area contributed by atoms with Crippen LogP contribution in [0.1, 0.15) is 37.4 Å². The maximum atomic E-state index is 12.4. The molecular formula is C12H17F2NOS2. The average Bonchev–Trinajstić information content (AvgIpc) is 2.63. The van der Waals surface area contributed by atoms with Gasteiger partial charge in [0.1, 0.15) is 4.88 Å². The molecular weight excluding hydrogens is 276 g/mol. The smallest absolute Gasteiger partial charge is 0.288 e. The molecule has 1 aromatic heterocycles. The van der Waals surface area contributed by atoms with Crippen molar-refractivity contribution in [3.8, 4) is 0 Å². The fourth-order valence-corrected chi connectivity index (χ4v) is 3.46. The number of halogens is 2. The van der Waals surface area contributed by atoms with Gasteiger partial charge in [-0.2, -0.15) is 8.78 Å². The largest absolute Gasteiger partial charge is 0.333 e. The zero-order valence-electron chi connectivity index (χ0n) is 10.8. The molecule has 18 heavy (non-hydrogen) atoms. The summed E-state index contributed by atoms with van der Waals surface area (Å²) in [5.41, 5.74) is 0. The van der Waals surface area contributed by atoms with Gasteiger partial charge in [-0.15, -0.1) is 11.3 Å². The standard InChI is InChI=1S/C12H17F2NOS2/c1-7(2)15(8(3)4)11(16)10-9(5-6-17-10)18-12(13)14/h5-8,12H,1-4H3. The topological polar surface area (TPSA) is 20.3 Å². The minimum atomic E-state index is -2.50. The van der Waals surface area contributed by atoms with Crippen molar-refractivity contribution in [2.75, 3.05) is 0 Å². The Bertz CT molecular complexity index is 397. The van der Waals surface area contributed by atoms with Crippen molar-refractivity contribution in [3.63, 3.8) is 0 Å². The van der Waals surface area contributed by atoms with E-state index in [9.17, 15) is 13.6 Å². The van der Waals surface area contributed by atoms with E-state index in [0.29, 0.717) is 21.5 Å². The highest BCUT2D eigenvalue weighted by atomic mass is 32.2. The molecule has 0 saturated heterocycles. The Morgan fingerprint density at radius 1 is 1.28 bits per heavy atom. The van der Waals surface area contributed by atoms with Crippen LogP contribution >= 0.6 is 23.1 Å². The minimum Gasteiger partial charge on any atom is -0.333 e. The summed E-state index contributed by atoms with van der Waals surface area (Å²) in [6.07, 6.45) is 0. The van der Waals surface area contributed by atoms with Crippen LogP contribution in [0.15, 0.2) is 16.3 Å². The average molecular weight is 293 g/mol. The SMILES string of the molecule is CC(C)N(C(=O)c1sccc1SC(F)F)C(C)C. The van der Waals surface area contributed by atoms with E-state index in [-0.39, 0.29) is 18.0 Å². The lowest BCUT2D eigenvalue weighted by atomic mass is 10.2. The molecule has 0 unspecified atom stereocenters. The van der Waals surface area contributed by atoms with Crippen LogP contribution in [0, 0.1) is 0 Å². The Morgan fingerprint density at radius 3 is 2.28 bits per heavy atom. The van der Waals surface area contributed by atoms with Gasteiger partial charge in [0.25, 0.3) is 11.7 Å². The molecule has 0 spiro atoms. The summed E-state index contributed by atoms with van der Waals surface area (Å²) >= 11 is 1.65. The van der Waals surface area contributed by atoms with Gasteiger partial charge in [0.15, 0.2) is 0 Å². The molecule has 102 valence electrons. The third kappa shape index (κ3) is 3.68. The highest BCUT2D eigenvalue weighted by molar-refractivity contribution is 7.99. The van der Waals surface area contributed by atoms with E-state index in [0.717, 1.165) is 0 Å². The molecule has 1 amide bonds. The number of thiophene rings is 1. The van der Waals surface area contributed by atoms with Crippen molar-refractivity contribution in [2.24, 2.45) is 0 Å². The maximum absolute atomic E-state index is 12.4. The first-order valence-corrected chi connectivity index (χ1v) is 7.45. The minimum absolute atomic E-state index is 0.0454. The number of hydrogen-bond donors (Lipinski definition) is 0. The quantitative estimate of drug-likeness (QED) is 0.753. The molecule has 2 nitrogen and oxygen atoms in total. The van der Waals surface area contributed by atoms with E-state index in [4.69, 9.17) is 0 Å². The van der Waals surface area contributed by atoms with Gasteiger partial charge in [0, 0.05) is 17.0 Å². The molecule has 0 N–H and O–H groups in total. The molecule has 0 saturated carbocycles. The first kappa shape index (κ1) is 15.4. The maximum Gasteiger partial charge on any atom is 0.288 e. The van der Waals surface area contributed by atoms with Crippen LogP contribution in [-0.2, 0) is 0 Å². The summed E-state index contributed by atoms with van der Waals surface area (Å²) in [7, 11) is 0. The Hall–Kier alpha value is -0.620. The van der Waals surface area contributed by atoms with E-state index in [1.54, 1.807) is 16.3 Å². The van der Waals surface area contributed by atoms with Crippen LogP contribution in [0.5, 0.6) is 0 Å². The Balaban J connectivity index is 2.99. The Morgan fingerprint density at radius 2 is 1.83 bits per heavy atom. The summed E-state index contributed by atoms with van der Waals surface area (Å²) in [5, 5.41) is 1.68. The lowest BCUT2D eigenvalue weighted by Crippen LogP contribution is -2.41. The first-order valence-electron chi connectivity index (χ1n) is 5.69. The lowest BCUT2D eigenvalue weighted by Gasteiger charge is -2.30. The second kappa shape index (κ2) is 6.52. The van der Waals surface area contributed by atoms with Gasteiger partial charge in [-0.05, 0) is 39.1 Å². The zero-order valence-corrected chi connectivity index (χ0v) is 12.4. The van der Waals surface area contributed by atoms with Crippen LogP contribution in [0.2, 0.25) is 0 Å². The number of carbonyl (C=O) groups excluding carboxylic acids is 1. The third-order valence-electron chi connectivity index (χ3n) is 2.39. The zero-order chi connectivity index (χ0) is 13.9. The van der Waals surface area contributed by atoms with Crippen molar-refractivity contribution in [3.05, 3.63) is 16.3 Å². The van der Waals surface area contributed by atoms with Crippen molar-refractivity contribution in [1.29, 1.82) is 0 Å². The second-order valence-corrected chi connectivity index (χ2v) is 6.34. The van der Waals surface area contributed by atoms with Gasteiger partial charge in [-0.3, -0.25) is 4.79 Å². The fourth-order valence-electron chi connectivity index (χ4n) is 1.82. The normalized spacial score (nSPS) is 11.6. The molecule has 1 aromatic rings. The van der Waals surface area contributed by atoms with E-state index in [1.165, 1.54) is 11.3 Å². The second-order valence-electron chi connectivity index (χ2n) is 4.39. The van der Waals surface area contributed by atoms with Gasteiger partial charge in [0.2, 0.25) is 0 Å². The summed E-state index contributed by atoms with van der Waals surface area (Å²) in [6, 6.07) is 1.67. The summed E-state index contributed by atoms with van der Waals surface area (Å²) in [5.74, 6) is -2.67. The number of thioether (sulfide) groups is 1. The molecule has 0 radical (unpaired) electrons. The number of hydrogen-bond acceptors (Lipinski definition) is 3. The molecule has 0 aliphatic carbocycles.